The van der Waals surface area contributed by atoms with Gasteiger partial charge in [0.05, 0.1) is 0 Å². The molecule has 2 rings (SSSR count). The maximum absolute atomic E-state index is 13.7. The van der Waals surface area contributed by atoms with Gasteiger partial charge in [-0.2, -0.15) is 0 Å². The molecule has 0 unspecified atom stereocenters. The lowest BCUT2D eigenvalue weighted by Crippen LogP contribution is -1.95. The van der Waals surface area contributed by atoms with Crippen molar-refractivity contribution in [2.45, 2.75) is 13.8 Å². The van der Waals surface area contributed by atoms with Crippen molar-refractivity contribution in [3.63, 3.8) is 0 Å². The fourth-order valence-electron chi connectivity index (χ4n) is 1.71. The first-order chi connectivity index (χ1) is 8.40. The minimum Gasteiger partial charge on any atom is -0.207 e. The molecule has 0 saturated heterocycles. The Morgan fingerprint density at radius 1 is 0.556 bits per heavy atom. The Hall–Kier alpha value is -1.84. The summed E-state index contributed by atoms with van der Waals surface area (Å²) in [6.07, 6.45) is 0. The predicted molar refractivity (Wildman–Crippen MR) is 61.2 cm³/mol. The first-order valence-electron chi connectivity index (χ1n) is 5.32. The topological polar surface area (TPSA) is 0 Å². The molecule has 18 heavy (non-hydrogen) atoms. The molecule has 0 bridgehead atoms. The first-order valence-corrected chi connectivity index (χ1v) is 5.32. The van der Waals surface area contributed by atoms with Gasteiger partial charge in [-0.15, -0.1) is 0 Å². The van der Waals surface area contributed by atoms with Gasteiger partial charge in [0.25, 0.3) is 0 Å². The monoisotopic (exact) mass is 254 g/mol. The number of halogens is 4. The lowest BCUT2D eigenvalue weighted by atomic mass is 10.0. The summed E-state index contributed by atoms with van der Waals surface area (Å²) in [5.74, 6) is -2.88. The molecule has 2 aromatic rings. The summed E-state index contributed by atoms with van der Waals surface area (Å²) >= 11 is 0. The van der Waals surface area contributed by atoms with Crippen LogP contribution in [0.25, 0.3) is 11.1 Å². The molecule has 4 heteroatoms. The summed E-state index contributed by atoms with van der Waals surface area (Å²) in [5, 5.41) is 0. The molecule has 0 aromatic heterocycles. The molecule has 0 saturated carbocycles. The molecule has 0 nitrogen and oxygen atoms in total. The SMILES string of the molecule is Cc1cc(F)c(-c2cc(F)c(C)cc2F)cc1F. The Morgan fingerprint density at radius 2 is 0.889 bits per heavy atom. The van der Waals surface area contributed by atoms with Gasteiger partial charge in [-0.3, -0.25) is 0 Å². The zero-order valence-corrected chi connectivity index (χ0v) is 9.82. The lowest BCUT2D eigenvalue weighted by Gasteiger charge is -2.08. The van der Waals surface area contributed by atoms with Crippen LogP contribution >= 0.6 is 0 Å². The van der Waals surface area contributed by atoms with Crippen molar-refractivity contribution in [1.29, 1.82) is 0 Å². The molecule has 0 amide bonds. The van der Waals surface area contributed by atoms with Gasteiger partial charge >= 0.3 is 0 Å². The number of aryl methyl sites for hydroxylation is 2. The third kappa shape index (κ3) is 2.10. The number of hydrogen-bond donors (Lipinski definition) is 0. The van der Waals surface area contributed by atoms with Crippen molar-refractivity contribution in [3.8, 4) is 11.1 Å². The largest absolute Gasteiger partial charge is 0.207 e. The predicted octanol–water partition coefficient (Wildman–Crippen LogP) is 4.53. The summed E-state index contributed by atoms with van der Waals surface area (Å²) in [6.45, 7) is 2.79. The van der Waals surface area contributed by atoms with Crippen molar-refractivity contribution in [2.75, 3.05) is 0 Å². The van der Waals surface area contributed by atoms with Crippen molar-refractivity contribution < 1.29 is 17.6 Å². The minimum atomic E-state index is -0.781. The van der Waals surface area contributed by atoms with Gasteiger partial charge in [0.15, 0.2) is 0 Å². The van der Waals surface area contributed by atoms with Gasteiger partial charge in [0.1, 0.15) is 23.3 Å². The van der Waals surface area contributed by atoms with E-state index in [1.807, 2.05) is 0 Å². The second-order valence-corrected chi connectivity index (χ2v) is 4.16. The second kappa shape index (κ2) is 4.44. The van der Waals surface area contributed by atoms with Crippen LogP contribution < -0.4 is 0 Å². The Balaban J connectivity index is 2.69. The smallest absolute Gasteiger partial charge is 0.131 e. The summed E-state index contributed by atoms with van der Waals surface area (Å²) in [5.41, 5.74) is -0.336. The molecule has 0 spiro atoms. The molecule has 0 aliphatic carbocycles. The normalized spacial score (nSPS) is 10.8. The number of rotatable bonds is 1. The molecule has 0 atom stereocenters. The quantitative estimate of drug-likeness (QED) is 0.656. The van der Waals surface area contributed by atoms with E-state index in [0.717, 1.165) is 24.3 Å². The van der Waals surface area contributed by atoms with Gasteiger partial charge in [-0.05, 0) is 49.2 Å². The summed E-state index contributed by atoms with van der Waals surface area (Å²) in [7, 11) is 0. The van der Waals surface area contributed by atoms with Crippen LogP contribution in [-0.2, 0) is 0 Å². The fraction of sp³-hybridized carbons (Fsp3) is 0.143. The molecular formula is C14H10F4. The van der Waals surface area contributed by atoms with Crippen LogP contribution in [0.3, 0.4) is 0 Å². The Labute approximate surface area is 102 Å². The minimum absolute atomic E-state index is 0.115. The van der Waals surface area contributed by atoms with Gasteiger partial charge in [0, 0.05) is 11.1 Å². The third-order valence-electron chi connectivity index (χ3n) is 2.79. The van der Waals surface area contributed by atoms with Gasteiger partial charge in [-0.1, -0.05) is 0 Å². The summed E-state index contributed by atoms with van der Waals surface area (Å²) in [4.78, 5) is 0. The highest BCUT2D eigenvalue weighted by atomic mass is 19.1. The van der Waals surface area contributed by atoms with E-state index in [2.05, 4.69) is 0 Å². The van der Waals surface area contributed by atoms with E-state index in [9.17, 15) is 17.6 Å². The molecule has 0 aliphatic rings. The molecule has 94 valence electrons. The van der Waals surface area contributed by atoms with E-state index in [-0.39, 0.29) is 22.3 Å². The maximum Gasteiger partial charge on any atom is 0.131 e. The molecule has 2 aromatic carbocycles. The highest BCUT2D eigenvalue weighted by molar-refractivity contribution is 5.66. The zero-order valence-electron chi connectivity index (χ0n) is 9.82. The third-order valence-corrected chi connectivity index (χ3v) is 2.79. The molecule has 0 heterocycles. The average Bonchev–Trinajstić information content (AvgIpc) is 2.29. The van der Waals surface area contributed by atoms with Crippen LogP contribution in [0.5, 0.6) is 0 Å². The molecule has 0 aliphatic heterocycles. The lowest BCUT2D eigenvalue weighted by molar-refractivity contribution is 0.583. The van der Waals surface area contributed by atoms with Gasteiger partial charge in [0.2, 0.25) is 0 Å². The first kappa shape index (κ1) is 12.6. The highest BCUT2D eigenvalue weighted by Gasteiger charge is 2.15. The molecule has 0 fully saturated rings. The Kier molecular flexibility index (Phi) is 3.11. The van der Waals surface area contributed by atoms with E-state index in [1.54, 1.807) is 0 Å². The van der Waals surface area contributed by atoms with E-state index in [1.165, 1.54) is 13.8 Å². The van der Waals surface area contributed by atoms with Crippen molar-refractivity contribution in [3.05, 3.63) is 58.7 Å². The second-order valence-electron chi connectivity index (χ2n) is 4.16. The number of benzene rings is 2. The van der Waals surface area contributed by atoms with Crippen molar-refractivity contribution in [1.82, 2.24) is 0 Å². The highest BCUT2D eigenvalue weighted by Crippen LogP contribution is 2.29. The van der Waals surface area contributed by atoms with Crippen molar-refractivity contribution >= 4 is 0 Å². The standard InChI is InChI=1S/C14H10F4/c1-7-3-13(17)9(5-11(7)15)10-6-12(16)8(2)4-14(10)18/h3-6H,1-2H3. The van der Waals surface area contributed by atoms with Crippen molar-refractivity contribution in [2.24, 2.45) is 0 Å². The van der Waals surface area contributed by atoms with Crippen LogP contribution in [0, 0.1) is 37.1 Å². The Morgan fingerprint density at radius 3 is 1.22 bits per heavy atom. The summed E-state index contributed by atoms with van der Waals surface area (Å²) in [6, 6.07) is 3.67. The van der Waals surface area contributed by atoms with Gasteiger partial charge in [-0.25, -0.2) is 17.6 Å². The molecular weight excluding hydrogens is 244 g/mol. The van der Waals surface area contributed by atoms with E-state index >= 15 is 0 Å². The number of hydrogen-bond acceptors (Lipinski definition) is 0. The zero-order chi connectivity index (χ0) is 13.4. The van der Waals surface area contributed by atoms with Crippen LogP contribution in [0.4, 0.5) is 17.6 Å². The van der Waals surface area contributed by atoms with Crippen LogP contribution in [0.1, 0.15) is 11.1 Å². The van der Waals surface area contributed by atoms with Crippen LogP contribution in [0.15, 0.2) is 24.3 Å². The van der Waals surface area contributed by atoms with Crippen LogP contribution in [0.2, 0.25) is 0 Å². The summed E-state index contributed by atoms with van der Waals surface area (Å²) < 4.78 is 54.1. The molecule has 0 radical (unpaired) electrons. The average molecular weight is 254 g/mol. The van der Waals surface area contributed by atoms with Gasteiger partial charge < -0.3 is 0 Å². The van der Waals surface area contributed by atoms with E-state index in [0.29, 0.717) is 0 Å². The fourth-order valence-corrected chi connectivity index (χ4v) is 1.71. The maximum atomic E-state index is 13.7. The van der Waals surface area contributed by atoms with E-state index in [4.69, 9.17) is 0 Å². The molecule has 0 N–H and O–H groups in total. The van der Waals surface area contributed by atoms with Crippen LogP contribution in [-0.4, -0.2) is 0 Å². The Bertz CT molecular complexity index is 562. The van der Waals surface area contributed by atoms with E-state index < -0.39 is 23.3 Å².